The zero-order chi connectivity index (χ0) is 16.8. The van der Waals surface area contributed by atoms with Crippen LogP contribution in [0.2, 0.25) is 0 Å². The number of carbonyl (C=O) groups is 2. The van der Waals surface area contributed by atoms with Gasteiger partial charge in [-0.3, -0.25) is 0 Å². The zero-order valence-corrected chi connectivity index (χ0v) is 13.0. The molecule has 0 bridgehead atoms. The number of benzene rings is 1. The number of amides is 2. The van der Waals surface area contributed by atoms with Crippen molar-refractivity contribution >= 4 is 12.0 Å². The average molecular weight is 314 g/mol. The molecule has 0 unspecified atom stereocenters. The largest absolute Gasteiger partial charge is 0.481 e. The Kier molecular flexibility index (Phi) is 5.26. The number of hydrogen-bond acceptors (Lipinski definition) is 4. The van der Waals surface area contributed by atoms with Crippen molar-refractivity contribution in [3.05, 3.63) is 41.1 Å². The highest BCUT2D eigenvalue weighted by atomic mass is 16.5. The molecule has 1 heterocycles. The van der Waals surface area contributed by atoms with E-state index >= 15 is 0 Å². The maximum atomic E-state index is 12.2. The number of carbonyl (C=O) groups excluding carboxylic acids is 2. The van der Waals surface area contributed by atoms with Gasteiger partial charge in [0.1, 0.15) is 12.4 Å². The van der Waals surface area contributed by atoms with Crippen molar-refractivity contribution in [3.8, 4) is 18.1 Å². The maximum Gasteiger partial charge on any atom is 0.338 e. The van der Waals surface area contributed by atoms with Crippen molar-refractivity contribution < 1.29 is 19.1 Å². The SMILES string of the molecule is C#CCOc1cccc([C@H]2NC(=O)NC(C)=C2C(=O)OCC)c1. The highest BCUT2D eigenvalue weighted by molar-refractivity contribution is 5.95. The molecule has 1 aliphatic rings. The van der Waals surface area contributed by atoms with E-state index in [4.69, 9.17) is 15.9 Å². The summed E-state index contributed by atoms with van der Waals surface area (Å²) < 4.78 is 10.5. The Balaban J connectivity index is 2.38. The van der Waals surface area contributed by atoms with Crippen LogP contribution in [0.25, 0.3) is 0 Å². The van der Waals surface area contributed by atoms with Gasteiger partial charge in [0.15, 0.2) is 0 Å². The van der Waals surface area contributed by atoms with Gasteiger partial charge in [-0.2, -0.15) is 0 Å². The van der Waals surface area contributed by atoms with Crippen LogP contribution < -0.4 is 15.4 Å². The van der Waals surface area contributed by atoms with E-state index in [2.05, 4.69) is 16.6 Å². The third-order valence-electron chi connectivity index (χ3n) is 3.28. The number of terminal acetylenes is 1. The molecule has 1 aromatic carbocycles. The predicted molar refractivity (Wildman–Crippen MR) is 84.5 cm³/mol. The molecule has 0 saturated heterocycles. The summed E-state index contributed by atoms with van der Waals surface area (Å²) in [6.45, 7) is 3.78. The number of rotatable bonds is 5. The Morgan fingerprint density at radius 2 is 2.22 bits per heavy atom. The van der Waals surface area contributed by atoms with Gasteiger partial charge in [-0.15, -0.1) is 6.42 Å². The lowest BCUT2D eigenvalue weighted by Gasteiger charge is -2.28. The molecule has 2 N–H and O–H groups in total. The molecule has 120 valence electrons. The first-order valence-electron chi connectivity index (χ1n) is 7.18. The van der Waals surface area contributed by atoms with Crippen LogP contribution >= 0.6 is 0 Å². The van der Waals surface area contributed by atoms with E-state index in [-0.39, 0.29) is 19.2 Å². The second-order valence-electron chi connectivity index (χ2n) is 4.86. The molecule has 0 saturated carbocycles. The number of ether oxygens (including phenoxy) is 2. The third kappa shape index (κ3) is 3.83. The van der Waals surface area contributed by atoms with E-state index in [1.807, 2.05) is 0 Å². The van der Waals surface area contributed by atoms with Gasteiger partial charge in [0, 0.05) is 5.70 Å². The number of esters is 1. The summed E-state index contributed by atoms with van der Waals surface area (Å²) in [5, 5.41) is 5.32. The van der Waals surface area contributed by atoms with Crippen LogP contribution in [0.5, 0.6) is 5.75 Å². The molecule has 6 heteroatoms. The van der Waals surface area contributed by atoms with Crippen molar-refractivity contribution in [2.45, 2.75) is 19.9 Å². The van der Waals surface area contributed by atoms with Gasteiger partial charge in [-0.1, -0.05) is 18.1 Å². The van der Waals surface area contributed by atoms with Crippen LogP contribution in [-0.4, -0.2) is 25.2 Å². The molecule has 0 aromatic heterocycles. The molecular formula is C17H18N2O4. The lowest BCUT2D eigenvalue weighted by molar-refractivity contribution is -0.139. The van der Waals surface area contributed by atoms with Crippen molar-refractivity contribution in [2.24, 2.45) is 0 Å². The zero-order valence-electron chi connectivity index (χ0n) is 13.0. The second-order valence-corrected chi connectivity index (χ2v) is 4.86. The average Bonchev–Trinajstić information content (AvgIpc) is 2.52. The van der Waals surface area contributed by atoms with E-state index in [0.29, 0.717) is 22.6 Å². The minimum atomic E-state index is -0.614. The third-order valence-corrected chi connectivity index (χ3v) is 3.28. The van der Waals surface area contributed by atoms with E-state index < -0.39 is 12.0 Å². The molecule has 1 atom stereocenters. The number of urea groups is 1. The maximum absolute atomic E-state index is 12.2. The summed E-state index contributed by atoms with van der Waals surface area (Å²) in [7, 11) is 0. The van der Waals surface area contributed by atoms with Crippen LogP contribution in [-0.2, 0) is 9.53 Å². The van der Waals surface area contributed by atoms with E-state index in [0.717, 1.165) is 0 Å². The summed E-state index contributed by atoms with van der Waals surface area (Å²) >= 11 is 0. The highest BCUT2D eigenvalue weighted by Crippen LogP contribution is 2.29. The minimum Gasteiger partial charge on any atom is -0.481 e. The summed E-state index contributed by atoms with van der Waals surface area (Å²) in [5.41, 5.74) is 1.53. The fraction of sp³-hybridized carbons (Fsp3) is 0.294. The summed E-state index contributed by atoms with van der Waals surface area (Å²) in [6, 6.07) is 6.07. The monoisotopic (exact) mass is 314 g/mol. The summed E-state index contributed by atoms with van der Waals surface area (Å²) in [4.78, 5) is 24.0. The highest BCUT2D eigenvalue weighted by Gasteiger charge is 2.32. The topological polar surface area (TPSA) is 76.7 Å². The van der Waals surface area contributed by atoms with Crippen molar-refractivity contribution in [2.75, 3.05) is 13.2 Å². The molecule has 1 aromatic rings. The lowest BCUT2D eigenvalue weighted by atomic mass is 9.95. The quantitative estimate of drug-likeness (QED) is 0.643. The molecule has 1 aliphatic heterocycles. The van der Waals surface area contributed by atoms with Crippen LogP contribution in [0.4, 0.5) is 4.79 Å². The van der Waals surface area contributed by atoms with Crippen molar-refractivity contribution in [1.29, 1.82) is 0 Å². The standard InChI is InChI=1S/C17H18N2O4/c1-4-9-23-13-8-6-7-12(10-13)15-14(16(20)22-5-2)11(3)18-17(21)19-15/h1,6-8,10,15H,5,9H2,2-3H3,(H2,18,19,21)/t15-/m1/s1. The Morgan fingerprint density at radius 1 is 1.43 bits per heavy atom. The fourth-order valence-corrected chi connectivity index (χ4v) is 2.33. The van der Waals surface area contributed by atoms with Gasteiger partial charge in [0.25, 0.3) is 0 Å². The van der Waals surface area contributed by atoms with Gasteiger partial charge in [-0.05, 0) is 31.5 Å². The Morgan fingerprint density at radius 3 is 2.91 bits per heavy atom. The van der Waals surface area contributed by atoms with Crippen molar-refractivity contribution in [3.63, 3.8) is 0 Å². The van der Waals surface area contributed by atoms with Gasteiger partial charge >= 0.3 is 12.0 Å². The Hall–Kier alpha value is -2.94. The first kappa shape index (κ1) is 16.4. The van der Waals surface area contributed by atoms with Crippen LogP contribution in [0, 0.1) is 12.3 Å². The van der Waals surface area contributed by atoms with Gasteiger partial charge in [0.05, 0.1) is 18.2 Å². The fourth-order valence-electron chi connectivity index (χ4n) is 2.33. The first-order chi connectivity index (χ1) is 11.1. The predicted octanol–water partition coefficient (Wildman–Crippen LogP) is 1.89. The Labute approximate surface area is 134 Å². The van der Waals surface area contributed by atoms with E-state index in [9.17, 15) is 9.59 Å². The normalized spacial score (nSPS) is 16.9. The summed E-state index contributed by atoms with van der Waals surface area (Å²) in [6.07, 6.45) is 5.18. The Bertz CT molecular complexity index is 688. The van der Waals surface area contributed by atoms with Gasteiger partial charge in [0.2, 0.25) is 0 Å². The number of hydrogen-bond donors (Lipinski definition) is 2. The molecule has 6 nitrogen and oxygen atoms in total. The van der Waals surface area contributed by atoms with Crippen LogP contribution in [0.15, 0.2) is 35.5 Å². The lowest BCUT2D eigenvalue weighted by Crippen LogP contribution is -2.45. The first-order valence-corrected chi connectivity index (χ1v) is 7.18. The van der Waals surface area contributed by atoms with Crippen LogP contribution in [0.1, 0.15) is 25.5 Å². The van der Waals surface area contributed by atoms with Gasteiger partial charge < -0.3 is 20.1 Å². The minimum absolute atomic E-state index is 0.141. The molecular weight excluding hydrogens is 296 g/mol. The molecule has 23 heavy (non-hydrogen) atoms. The molecule has 2 amide bonds. The molecule has 0 aliphatic carbocycles. The smallest absolute Gasteiger partial charge is 0.338 e. The van der Waals surface area contributed by atoms with Crippen LogP contribution in [0.3, 0.4) is 0 Å². The molecule has 2 rings (SSSR count). The van der Waals surface area contributed by atoms with E-state index in [1.165, 1.54) is 0 Å². The second kappa shape index (κ2) is 7.36. The van der Waals surface area contributed by atoms with Crippen molar-refractivity contribution in [1.82, 2.24) is 10.6 Å². The molecule has 0 spiro atoms. The van der Waals surface area contributed by atoms with E-state index in [1.54, 1.807) is 38.1 Å². The molecule has 0 fully saturated rings. The van der Waals surface area contributed by atoms with Gasteiger partial charge in [-0.25, -0.2) is 9.59 Å². The number of allylic oxidation sites excluding steroid dienone is 1. The molecule has 0 radical (unpaired) electrons. The summed E-state index contributed by atoms with van der Waals surface area (Å²) in [5.74, 6) is 2.48. The number of nitrogens with one attached hydrogen (secondary N) is 2.